The number of guanidine groups is 1. The Morgan fingerprint density at radius 3 is 1.48 bits per heavy atom. The van der Waals surface area contributed by atoms with Gasteiger partial charge in [0, 0.05) is 6.54 Å². The third kappa shape index (κ3) is 25.7. The van der Waals surface area contributed by atoms with Crippen molar-refractivity contribution in [2.45, 2.75) is 63.7 Å². The summed E-state index contributed by atoms with van der Waals surface area (Å²) in [6, 6.07) is 2.73. The molecule has 42 heavy (non-hydrogen) atoms. The third-order valence-corrected chi connectivity index (χ3v) is 4.74. The molecular formula is C24H44N8O10. The van der Waals surface area contributed by atoms with Gasteiger partial charge >= 0.3 is 23.9 Å². The van der Waals surface area contributed by atoms with Crippen molar-refractivity contribution in [1.29, 1.82) is 0 Å². The molecule has 0 radical (unpaired) electrons. The Balaban J connectivity index is -0.000000493. The van der Waals surface area contributed by atoms with Gasteiger partial charge in [-0.25, -0.2) is 0 Å². The quantitative estimate of drug-likeness (QED) is 0.0611. The Morgan fingerprint density at radius 2 is 1.19 bits per heavy atom. The van der Waals surface area contributed by atoms with E-state index in [1.807, 2.05) is 0 Å². The maximum absolute atomic E-state index is 10.4. The minimum Gasteiger partial charge on any atom is -0.508 e. The number of nitrogens with zero attached hydrogens (tertiary/aromatic N) is 1. The standard InChI is InChI=1S/C9H11NO3.C6H14N4O2.C5H11NO2.C4H8N2O3/c10-8(9(12)13)5-6-1-3-7(11)4-2-6;7-4(5(11)12)2-1-3-10-6(8)9;1-3(2)4(6)5(7)8;5-2(4(8)9)1-3(6)7/h1-4,8,11H,5,10H2,(H,12,13);4H,1-3,7H2,(H,11,12)(H4,8,9,10);3-4H,6H2,1-2H3,(H,7,8);2H,1,5H2,(H2,6,7)(H,8,9). The molecule has 0 heterocycles. The summed E-state index contributed by atoms with van der Waals surface area (Å²) in [5.41, 5.74) is 36.2. The molecule has 0 aliphatic heterocycles. The average Bonchev–Trinajstić information content (AvgIpc) is 2.87. The molecule has 4 unspecified atom stereocenters. The third-order valence-electron chi connectivity index (χ3n) is 4.74. The number of benzene rings is 1. The number of carbonyl (C=O) groups excluding carboxylic acids is 1. The maximum Gasteiger partial charge on any atom is 0.321 e. The number of carbonyl (C=O) groups is 5. The predicted octanol–water partition coefficient (Wildman–Crippen LogP) is -2.87. The van der Waals surface area contributed by atoms with Gasteiger partial charge in [-0.15, -0.1) is 0 Å². The van der Waals surface area contributed by atoms with E-state index in [2.05, 4.69) is 10.7 Å². The van der Waals surface area contributed by atoms with E-state index in [0.29, 0.717) is 19.4 Å². The van der Waals surface area contributed by atoms with E-state index < -0.39 is 54.0 Å². The first kappa shape index (κ1) is 42.0. The number of phenols is 1. The second-order valence-corrected chi connectivity index (χ2v) is 8.93. The monoisotopic (exact) mass is 604 g/mol. The van der Waals surface area contributed by atoms with Crippen LogP contribution in [0.15, 0.2) is 29.3 Å². The number of hydrogen-bond acceptors (Lipinski definition) is 11. The van der Waals surface area contributed by atoms with Crippen LogP contribution in [-0.2, 0) is 30.4 Å². The molecule has 4 atom stereocenters. The Kier molecular flexibility index (Phi) is 23.2. The second kappa shape index (κ2) is 23.2. The van der Waals surface area contributed by atoms with Crippen molar-refractivity contribution in [2.75, 3.05) is 6.54 Å². The highest BCUT2D eigenvalue weighted by atomic mass is 16.4. The van der Waals surface area contributed by atoms with Gasteiger partial charge in [-0.1, -0.05) is 26.0 Å². The SMILES string of the molecule is CC(C)C(N)C(=O)O.NC(=O)CC(N)C(=O)O.NC(Cc1ccc(O)cc1)C(=O)O.NC(N)=NCCCC(N)C(=O)O. The van der Waals surface area contributed by atoms with Crippen molar-refractivity contribution in [3.05, 3.63) is 29.8 Å². The molecule has 18 nitrogen and oxygen atoms in total. The second-order valence-electron chi connectivity index (χ2n) is 8.93. The summed E-state index contributed by atoms with van der Waals surface area (Å²) in [6.07, 6.45) is 0.919. The lowest BCUT2D eigenvalue weighted by Crippen LogP contribution is -2.34. The van der Waals surface area contributed by atoms with Gasteiger partial charge in [-0.3, -0.25) is 29.0 Å². The summed E-state index contributed by atoms with van der Waals surface area (Å²) in [4.78, 5) is 54.2. The van der Waals surface area contributed by atoms with E-state index in [4.69, 9.17) is 59.9 Å². The number of amides is 1. The van der Waals surface area contributed by atoms with Crippen molar-refractivity contribution < 1.29 is 49.5 Å². The number of aromatic hydroxyl groups is 1. The molecular weight excluding hydrogens is 560 g/mol. The van der Waals surface area contributed by atoms with Gasteiger partial charge in [0.15, 0.2) is 5.96 Å². The molecule has 0 bridgehead atoms. The van der Waals surface area contributed by atoms with Crippen molar-refractivity contribution in [3.63, 3.8) is 0 Å². The molecule has 0 aromatic heterocycles. The van der Waals surface area contributed by atoms with E-state index in [-0.39, 0.29) is 30.5 Å². The van der Waals surface area contributed by atoms with Gasteiger partial charge in [-0.05, 0) is 42.9 Å². The summed E-state index contributed by atoms with van der Waals surface area (Å²) >= 11 is 0. The summed E-state index contributed by atoms with van der Waals surface area (Å²) in [5, 5.41) is 42.2. The Hall–Kier alpha value is -4.52. The van der Waals surface area contributed by atoms with Crippen LogP contribution < -0.4 is 40.1 Å². The smallest absolute Gasteiger partial charge is 0.321 e. The lowest BCUT2D eigenvalue weighted by Gasteiger charge is -2.07. The van der Waals surface area contributed by atoms with E-state index in [1.165, 1.54) is 12.1 Å². The molecule has 0 spiro atoms. The number of aliphatic imine (C=N–C) groups is 1. The summed E-state index contributed by atoms with van der Waals surface area (Å²) in [7, 11) is 0. The molecule has 0 saturated heterocycles. The zero-order valence-corrected chi connectivity index (χ0v) is 23.5. The molecule has 0 saturated carbocycles. The number of hydrogen-bond donors (Lipinski definition) is 12. The van der Waals surface area contributed by atoms with Gasteiger partial charge < -0.3 is 65.7 Å². The van der Waals surface area contributed by atoms with Crippen LogP contribution in [0.2, 0.25) is 0 Å². The molecule has 0 aliphatic rings. The van der Waals surface area contributed by atoms with Crippen molar-refractivity contribution in [1.82, 2.24) is 0 Å². The largest absolute Gasteiger partial charge is 0.508 e. The molecule has 0 fully saturated rings. The van der Waals surface area contributed by atoms with Crippen molar-refractivity contribution in [2.24, 2.45) is 51.0 Å². The molecule has 1 amide bonds. The summed E-state index contributed by atoms with van der Waals surface area (Å²) in [5.74, 6) is -4.68. The number of carboxylic acids is 4. The molecule has 240 valence electrons. The highest BCUT2D eigenvalue weighted by Gasteiger charge is 2.15. The van der Waals surface area contributed by atoms with E-state index >= 15 is 0 Å². The summed E-state index contributed by atoms with van der Waals surface area (Å²) in [6.45, 7) is 3.97. The molecule has 19 N–H and O–H groups in total. The van der Waals surface area contributed by atoms with Crippen LogP contribution in [0.4, 0.5) is 0 Å². The average molecular weight is 605 g/mol. The van der Waals surface area contributed by atoms with Gasteiger partial charge in [0.1, 0.15) is 29.9 Å². The number of rotatable bonds is 13. The zero-order chi connectivity index (χ0) is 33.6. The van der Waals surface area contributed by atoms with Crippen molar-refractivity contribution >= 4 is 35.7 Å². The van der Waals surface area contributed by atoms with E-state index in [1.54, 1.807) is 26.0 Å². The fraction of sp³-hybridized carbons (Fsp3) is 0.500. The first-order chi connectivity index (χ1) is 19.2. The van der Waals surface area contributed by atoms with E-state index in [0.717, 1.165) is 5.56 Å². The van der Waals surface area contributed by atoms with Crippen LogP contribution in [0.3, 0.4) is 0 Å². The lowest BCUT2D eigenvalue weighted by molar-refractivity contribution is -0.140. The highest BCUT2D eigenvalue weighted by molar-refractivity contribution is 5.83. The fourth-order valence-corrected chi connectivity index (χ4v) is 2.21. The normalized spacial score (nSPS) is 12.6. The van der Waals surface area contributed by atoms with Crippen LogP contribution >= 0.6 is 0 Å². The van der Waals surface area contributed by atoms with Crippen LogP contribution in [0, 0.1) is 5.92 Å². The topological polar surface area (TPSA) is 381 Å². The van der Waals surface area contributed by atoms with Crippen molar-refractivity contribution in [3.8, 4) is 5.75 Å². The van der Waals surface area contributed by atoms with Gasteiger partial charge in [-0.2, -0.15) is 0 Å². The zero-order valence-electron chi connectivity index (χ0n) is 23.5. The first-order valence-corrected chi connectivity index (χ1v) is 12.3. The Bertz CT molecular complexity index is 1000. The Morgan fingerprint density at radius 1 is 0.738 bits per heavy atom. The van der Waals surface area contributed by atoms with Gasteiger partial charge in [0.25, 0.3) is 0 Å². The molecule has 0 aliphatic carbocycles. The molecule has 1 aromatic rings. The molecule has 18 heteroatoms. The van der Waals surface area contributed by atoms with E-state index in [9.17, 15) is 24.0 Å². The molecule has 1 aromatic carbocycles. The first-order valence-electron chi connectivity index (χ1n) is 12.3. The minimum absolute atomic E-state index is 0.0129. The van der Waals surface area contributed by atoms with Crippen LogP contribution in [0.1, 0.15) is 38.7 Å². The number of phenolic OH excluding ortho intramolecular Hbond substituents is 1. The highest BCUT2D eigenvalue weighted by Crippen LogP contribution is 2.10. The number of nitrogens with two attached hydrogens (primary N) is 7. The van der Waals surface area contributed by atoms with Gasteiger partial charge in [0.05, 0.1) is 6.42 Å². The predicted molar refractivity (Wildman–Crippen MR) is 153 cm³/mol. The van der Waals surface area contributed by atoms with Crippen LogP contribution in [0.25, 0.3) is 0 Å². The number of carboxylic acid groups (broad SMARTS) is 4. The maximum atomic E-state index is 10.4. The number of primary amides is 1. The van der Waals surface area contributed by atoms with Gasteiger partial charge in [0.2, 0.25) is 5.91 Å². The molecule has 1 rings (SSSR count). The minimum atomic E-state index is -1.21. The van der Waals surface area contributed by atoms with Crippen LogP contribution in [-0.4, -0.2) is 92.0 Å². The van der Waals surface area contributed by atoms with Crippen LogP contribution in [0.5, 0.6) is 5.75 Å². The Labute approximate surface area is 242 Å². The lowest BCUT2D eigenvalue weighted by atomic mass is 10.1. The fourth-order valence-electron chi connectivity index (χ4n) is 2.21. The summed E-state index contributed by atoms with van der Waals surface area (Å²) < 4.78 is 0. The number of aliphatic carboxylic acids is 4.